The fraction of sp³-hybridized carbons (Fsp3) is 0.421. The van der Waals surface area contributed by atoms with Gasteiger partial charge in [-0.2, -0.15) is 5.10 Å². The number of halogens is 1. The van der Waals surface area contributed by atoms with Gasteiger partial charge in [-0.05, 0) is 92.8 Å². The molecule has 9 nitrogen and oxygen atoms in total. The van der Waals surface area contributed by atoms with Gasteiger partial charge in [-0.1, -0.05) is 56.3 Å². The highest BCUT2D eigenvalue weighted by Gasteiger charge is 2.36. The molecule has 2 aromatic carbocycles. The maximum atomic E-state index is 15.8. The van der Waals surface area contributed by atoms with E-state index in [2.05, 4.69) is 16.9 Å². The average Bonchev–Trinajstić information content (AvgIpc) is 3.66. The summed E-state index contributed by atoms with van der Waals surface area (Å²) in [7, 11) is -1.68. The standard InChI is InChI=1S/C38H44FN5O4S2/c1-36(2)14-8-15-38(5,25-10-7-9-24(19-25)22-37(3,4)35(45)46)34-42-33(44(6)43-34)31-20-26(11-16-41-31)49-32-28(13-18-50(47,48)23-36)27-12-17-40-30(27)21-29(32)39/h7,9-12,16-17,19-21,40H,8,13-15,18,22-23H2,1-6H3,(H,45,46)/t38-/m1/s1. The molecule has 5 aromatic rings. The third kappa shape index (κ3) is 7.37. The SMILES string of the molecule is Cn1nc2nc1-c1cc(ccn1)Sc1c(F)cc3[nH]ccc3c1CCS(=O)(=O)CC(C)(C)CCC[C@]2(C)c1cccc(CC(C)(C)C(=O)O)c1. The molecule has 2 N–H and O–H groups in total. The van der Waals surface area contributed by atoms with Crippen LogP contribution in [-0.4, -0.2) is 55.7 Å². The van der Waals surface area contributed by atoms with Gasteiger partial charge >= 0.3 is 5.97 Å². The van der Waals surface area contributed by atoms with Crippen molar-refractivity contribution in [1.82, 2.24) is 24.7 Å². The molecular formula is C38H44FN5O4S2. The first-order valence-corrected chi connectivity index (χ1v) is 19.5. The number of fused-ring (bicyclic) bond motifs is 8. The zero-order chi connectivity index (χ0) is 36.1. The fourth-order valence-corrected chi connectivity index (χ4v) is 10.1. The smallest absolute Gasteiger partial charge is 0.309 e. The van der Waals surface area contributed by atoms with Crippen LogP contribution in [0.2, 0.25) is 0 Å². The van der Waals surface area contributed by atoms with Gasteiger partial charge in [-0.15, -0.1) is 0 Å². The van der Waals surface area contributed by atoms with Gasteiger partial charge in [-0.25, -0.2) is 22.5 Å². The van der Waals surface area contributed by atoms with E-state index in [0.29, 0.717) is 59.0 Å². The molecule has 3 aromatic heterocycles. The number of sulfone groups is 1. The lowest BCUT2D eigenvalue weighted by atomic mass is 9.74. The monoisotopic (exact) mass is 717 g/mol. The summed E-state index contributed by atoms with van der Waals surface area (Å²) in [4.78, 5) is 25.9. The normalized spacial score (nSPS) is 19.7. The van der Waals surface area contributed by atoms with Crippen molar-refractivity contribution in [2.75, 3.05) is 11.5 Å². The summed E-state index contributed by atoms with van der Waals surface area (Å²) in [5.41, 5.74) is 1.56. The number of hydrogen-bond donors (Lipinski definition) is 2. The molecule has 0 aliphatic carbocycles. The highest BCUT2D eigenvalue weighted by molar-refractivity contribution is 7.99. The summed E-state index contributed by atoms with van der Waals surface area (Å²) in [5.74, 6) is -0.227. The molecule has 0 saturated heterocycles. The maximum Gasteiger partial charge on any atom is 0.309 e. The van der Waals surface area contributed by atoms with Gasteiger partial charge in [0.2, 0.25) is 0 Å². The van der Waals surface area contributed by atoms with Crippen LogP contribution in [0.1, 0.15) is 76.4 Å². The van der Waals surface area contributed by atoms with Crippen LogP contribution in [0.4, 0.5) is 4.39 Å². The topological polar surface area (TPSA) is 131 Å². The molecule has 0 spiro atoms. The van der Waals surface area contributed by atoms with E-state index in [1.165, 1.54) is 17.8 Å². The van der Waals surface area contributed by atoms with Crippen LogP contribution >= 0.6 is 11.8 Å². The molecule has 4 bridgehead atoms. The summed E-state index contributed by atoms with van der Waals surface area (Å²) in [5, 5.41) is 15.5. The lowest BCUT2D eigenvalue weighted by Gasteiger charge is -2.31. The van der Waals surface area contributed by atoms with Crippen LogP contribution < -0.4 is 0 Å². The number of carbonyl (C=O) groups is 1. The molecule has 1 aliphatic rings. The second-order valence-corrected chi connectivity index (χ2v) is 18.5. The molecule has 0 unspecified atom stereocenters. The van der Waals surface area contributed by atoms with Gasteiger partial charge in [0, 0.05) is 35.2 Å². The van der Waals surface area contributed by atoms with Gasteiger partial charge in [0.05, 0.1) is 27.2 Å². The Balaban J connectivity index is 1.48. The Bertz CT molecular complexity index is 2190. The zero-order valence-corrected chi connectivity index (χ0v) is 31.0. The number of aryl methyl sites for hydroxylation is 2. The lowest BCUT2D eigenvalue weighted by molar-refractivity contribution is -0.146. The number of aromatic amines is 1. The molecule has 0 amide bonds. The number of hydrogen-bond acceptors (Lipinski definition) is 7. The molecule has 4 heterocycles. The maximum absolute atomic E-state index is 15.8. The number of H-pyrrole nitrogens is 1. The molecule has 0 fully saturated rings. The van der Waals surface area contributed by atoms with Crippen molar-refractivity contribution in [1.29, 1.82) is 0 Å². The molecule has 264 valence electrons. The van der Waals surface area contributed by atoms with E-state index in [9.17, 15) is 18.3 Å². The Kier molecular flexibility index (Phi) is 9.49. The second kappa shape index (κ2) is 13.3. The largest absolute Gasteiger partial charge is 0.481 e. The first-order valence-electron chi connectivity index (χ1n) is 16.8. The average molecular weight is 718 g/mol. The van der Waals surface area contributed by atoms with Crippen LogP contribution in [0.15, 0.2) is 70.7 Å². The number of nitrogens with zero attached hydrogens (tertiary/aromatic N) is 4. The molecule has 12 heteroatoms. The minimum atomic E-state index is -3.51. The van der Waals surface area contributed by atoms with E-state index < -0.39 is 37.9 Å². The van der Waals surface area contributed by atoms with Crippen LogP contribution in [0, 0.1) is 16.6 Å². The number of aliphatic carboxylic acids is 1. The van der Waals surface area contributed by atoms with E-state index in [0.717, 1.165) is 21.4 Å². The van der Waals surface area contributed by atoms with E-state index in [1.807, 2.05) is 63.4 Å². The minimum absolute atomic E-state index is 0.00421. The Morgan fingerprint density at radius 3 is 2.66 bits per heavy atom. The molecule has 50 heavy (non-hydrogen) atoms. The molecule has 0 saturated carbocycles. The van der Waals surface area contributed by atoms with Gasteiger partial charge in [0.15, 0.2) is 21.5 Å². The van der Waals surface area contributed by atoms with Crippen molar-refractivity contribution in [3.8, 4) is 11.5 Å². The molecule has 0 radical (unpaired) electrons. The summed E-state index contributed by atoms with van der Waals surface area (Å²) in [6, 6.07) is 15.0. The van der Waals surface area contributed by atoms with Crippen LogP contribution in [0.25, 0.3) is 22.4 Å². The van der Waals surface area contributed by atoms with Crippen LogP contribution in [0.5, 0.6) is 0 Å². The number of aromatic nitrogens is 5. The first kappa shape index (κ1) is 35.8. The number of carboxylic acids is 1. The van der Waals surface area contributed by atoms with Gasteiger partial charge < -0.3 is 10.1 Å². The molecule has 1 aliphatic heterocycles. The number of nitrogens with one attached hydrogen (secondary N) is 1. The van der Waals surface area contributed by atoms with Crippen LogP contribution in [-0.2, 0) is 39.9 Å². The summed E-state index contributed by atoms with van der Waals surface area (Å²) in [6.07, 6.45) is 5.91. The van der Waals surface area contributed by atoms with Crippen molar-refractivity contribution < 1.29 is 22.7 Å². The highest BCUT2D eigenvalue weighted by atomic mass is 32.2. The number of rotatable bonds is 4. The Labute approximate surface area is 297 Å². The number of pyridine rings is 1. The van der Waals surface area contributed by atoms with Crippen molar-refractivity contribution >= 4 is 38.5 Å². The van der Waals surface area contributed by atoms with Crippen molar-refractivity contribution in [3.63, 3.8) is 0 Å². The Hall–Kier alpha value is -4.03. The zero-order valence-electron chi connectivity index (χ0n) is 29.4. The van der Waals surface area contributed by atoms with Crippen molar-refractivity contribution in [3.05, 3.63) is 89.3 Å². The molecular weight excluding hydrogens is 674 g/mol. The minimum Gasteiger partial charge on any atom is -0.481 e. The van der Waals surface area contributed by atoms with E-state index in [-0.39, 0.29) is 17.9 Å². The van der Waals surface area contributed by atoms with E-state index in [4.69, 9.17) is 10.1 Å². The van der Waals surface area contributed by atoms with Crippen LogP contribution in [0.3, 0.4) is 0 Å². The summed E-state index contributed by atoms with van der Waals surface area (Å²) >= 11 is 1.25. The highest BCUT2D eigenvalue weighted by Crippen LogP contribution is 2.41. The third-order valence-corrected chi connectivity index (χ3v) is 13.1. The van der Waals surface area contributed by atoms with Gasteiger partial charge in [0.25, 0.3) is 0 Å². The number of benzene rings is 2. The Morgan fingerprint density at radius 2 is 1.90 bits per heavy atom. The molecule has 1 atom stereocenters. The quantitative estimate of drug-likeness (QED) is 0.193. The van der Waals surface area contributed by atoms with Gasteiger partial charge in [0.1, 0.15) is 11.5 Å². The lowest BCUT2D eigenvalue weighted by Crippen LogP contribution is -2.30. The molecule has 6 rings (SSSR count). The third-order valence-electron chi connectivity index (χ3n) is 9.90. The predicted octanol–water partition coefficient (Wildman–Crippen LogP) is 7.78. The van der Waals surface area contributed by atoms with Gasteiger partial charge in [-0.3, -0.25) is 9.78 Å². The van der Waals surface area contributed by atoms with E-state index in [1.54, 1.807) is 30.9 Å². The second-order valence-electron chi connectivity index (χ2n) is 15.2. The van der Waals surface area contributed by atoms with E-state index >= 15 is 4.39 Å². The predicted molar refractivity (Wildman–Crippen MR) is 195 cm³/mol. The number of carboxylic acid groups (broad SMARTS) is 1. The fourth-order valence-electron chi connectivity index (χ4n) is 7.05. The summed E-state index contributed by atoms with van der Waals surface area (Å²) in [6.45, 7) is 9.50. The Morgan fingerprint density at radius 1 is 1.12 bits per heavy atom. The first-order chi connectivity index (χ1) is 23.5. The van der Waals surface area contributed by atoms with Crippen molar-refractivity contribution in [2.45, 2.75) is 81.9 Å². The summed E-state index contributed by atoms with van der Waals surface area (Å²) < 4.78 is 44.8. The van der Waals surface area contributed by atoms with Crippen molar-refractivity contribution in [2.24, 2.45) is 17.9 Å².